The summed E-state index contributed by atoms with van der Waals surface area (Å²) in [5.41, 5.74) is 0.0692. The van der Waals surface area contributed by atoms with Crippen LogP contribution < -0.4 is 10.6 Å². The van der Waals surface area contributed by atoms with Crippen LogP contribution in [0.4, 0.5) is 5.69 Å². The molecule has 2 amide bonds. The van der Waals surface area contributed by atoms with E-state index in [0.29, 0.717) is 5.75 Å². The summed E-state index contributed by atoms with van der Waals surface area (Å²) in [6.45, 7) is 3.65. The molecule has 0 bridgehead atoms. The Morgan fingerprint density at radius 1 is 1.17 bits per heavy atom. The van der Waals surface area contributed by atoms with E-state index in [9.17, 15) is 14.4 Å². The molecule has 0 aliphatic heterocycles. The zero-order chi connectivity index (χ0) is 17.3. The average Bonchev–Trinajstić information content (AvgIpc) is 2.47. The van der Waals surface area contributed by atoms with Crippen molar-refractivity contribution < 1.29 is 19.5 Å². The SMILES string of the molecule is CC(C)(CSCC(=O)Nc1ccccc1)C(=O)NCCC(=O)O. The lowest BCUT2D eigenvalue weighted by atomic mass is 9.95. The molecule has 1 rings (SSSR count). The molecule has 0 radical (unpaired) electrons. The molecule has 7 heteroatoms. The minimum absolute atomic E-state index is 0.103. The van der Waals surface area contributed by atoms with E-state index in [1.54, 1.807) is 13.8 Å². The number of hydrogen-bond donors (Lipinski definition) is 3. The van der Waals surface area contributed by atoms with Crippen LogP contribution in [0.5, 0.6) is 0 Å². The Bertz CT molecular complexity index is 546. The number of carbonyl (C=O) groups excluding carboxylic acids is 2. The normalized spacial score (nSPS) is 10.9. The summed E-state index contributed by atoms with van der Waals surface area (Å²) in [6, 6.07) is 9.17. The van der Waals surface area contributed by atoms with Gasteiger partial charge in [-0.2, -0.15) is 11.8 Å². The van der Waals surface area contributed by atoms with Crippen LogP contribution in [0, 0.1) is 5.41 Å². The highest BCUT2D eigenvalue weighted by Gasteiger charge is 2.27. The first-order valence-electron chi connectivity index (χ1n) is 7.24. The second kappa shape index (κ2) is 9.19. The molecule has 0 atom stereocenters. The van der Waals surface area contributed by atoms with E-state index >= 15 is 0 Å². The first-order valence-corrected chi connectivity index (χ1v) is 8.39. The number of rotatable bonds is 9. The third kappa shape index (κ3) is 7.69. The van der Waals surface area contributed by atoms with Gasteiger partial charge in [0.15, 0.2) is 0 Å². The minimum Gasteiger partial charge on any atom is -0.481 e. The zero-order valence-electron chi connectivity index (χ0n) is 13.3. The topological polar surface area (TPSA) is 95.5 Å². The van der Waals surface area contributed by atoms with Gasteiger partial charge in [-0.1, -0.05) is 32.0 Å². The fourth-order valence-corrected chi connectivity index (χ4v) is 2.71. The van der Waals surface area contributed by atoms with Crippen molar-refractivity contribution in [3.63, 3.8) is 0 Å². The van der Waals surface area contributed by atoms with Crippen LogP contribution in [0.1, 0.15) is 20.3 Å². The molecule has 1 aromatic carbocycles. The van der Waals surface area contributed by atoms with Crippen molar-refractivity contribution in [2.75, 3.05) is 23.4 Å². The monoisotopic (exact) mass is 338 g/mol. The van der Waals surface area contributed by atoms with Crippen LogP contribution >= 0.6 is 11.8 Å². The molecule has 1 aromatic rings. The molecule has 3 N–H and O–H groups in total. The summed E-state index contributed by atoms with van der Waals surface area (Å²) < 4.78 is 0. The minimum atomic E-state index is -0.949. The molecular weight excluding hydrogens is 316 g/mol. The standard InChI is InChI=1S/C16H22N2O4S/c1-16(2,15(22)17-9-8-14(20)21)11-23-10-13(19)18-12-6-4-3-5-7-12/h3-7H,8-11H2,1-2H3,(H,17,22)(H,18,19)(H,20,21). The number of carboxylic acid groups (broad SMARTS) is 1. The van der Waals surface area contributed by atoms with Gasteiger partial charge < -0.3 is 15.7 Å². The second-order valence-electron chi connectivity index (χ2n) is 5.69. The highest BCUT2D eigenvalue weighted by molar-refractivity contribution is 8.00. The van der Waals surface area contributed by atoms with Crippen LogP contribution in [-0.4, -0.2) is 40.9 Å². The van der Waals surface area contributed by atoms with Crippen molar-refractivity contribution in [3.8, 4) is 0 Å². The van der Waals surface area contributed by atoms with Gasteiger partial charge in [-0.25, -0.2) is 0 Å². The maximum absolute atomic E-state index is 12.0. The van der Waals surface area contributed by atoms with Gasteiger partial charge in [0.25, 0.3) is 0 Å². The van der Waals surface area contributed by atoms with Gasteiger partial charge in [-0.05, 0) is 12.1 Å². The summed E-state index contributed by atoms with van der Waals surface area (Å²) in [6.07, 6.45) is -0.103. The first kappa shape index (κ1) is 19.0. The molecule has 0 saturated heterocycles. The third-order valence-electron chi connectivity index (χ3n) is 2.99. The Morgan fingerprint density at radius 3 is 2.43 bits per heavy atom. The lowest BCUT2D eigenvalue weighted by Gasteiger charge is -2.22. The van der Waals surface area contributed by atoms with Gasteiger partial charge in [0, 0.05) is 18.0 Å². The van der Waals surface area contributed by atoms with Crippen LogP contribution in [0.3, 0.4) is 0 Å². The number of aliphatic carboxylic acids is 1. The van der Waals surface area contributed by atoms with Gasteiger partial charge >= 0.3 is 5.97 Å². The fourth-order valence-electron chi connectivity index (χ4n) is 1.71. The molecular formula is C16H22N2O4S. The number of benzene rings is 1. The average molecular weight is 338 g/mol. The van der Waals surface area contributed by atoms with Gasteiger partial charge in [0.1, 0.15) is 0 Å². The molecule has 6 nitrogen and oxygen atoms in total. The highest BCUT2D eigenvalue weighted by atomic mass is 32.2. The number of para-hydroxylation sites is 1. The van der Waals surface area contributed by atoms with Crippen molar-refractivity contribution in [2.24, 2.45) is 5.41 Å². The molecule has 0 aliphatic carbocycles. The predicted molar refractivity (Wildman–Crippen MR) is 91.4 cm³/mol. The Morgan fingerprint density at radius 2 is 1.83 bits per heavy atom. The molecule has 0 saturated carbocycles. The van der Waals surface area contributed by atoms with E-state index in [4.69, 9.17) is 5.11 Å². The molecule has 0 heterocycles. The van der Waals surface area contributed by atoms with Gasteiger partial charge in [-0.3, -0.25) is 14.4 Å². The number of carboxylic acids is 1. The molecule has 0 unspecified atom stereocenters. The van der Waals surface area contributed by atoms with Crippen LogP contribution in [0.25, 0.3) is 0 Å². The van der Waals surface area contributed by atoms with Gasteiger partial charge in [0.05, 0.1) is 17.6 Å². The largest absolute Gasteiger partial charge is 0.481 e. The first-order chi connectivity index (χ1) is 10.8. The Balaban J connectivity index is 2.30. The summed E-state index contributed by atoms with van der Waals surface area (Å²) in [5, 5.41) is 13.9. The highest BCUT2D eigenvalue weighted by Crippen LogP contribution is 2.22. The fraction of sp³-hybridized carbons (Fsp3) is 0.438. The van der Waals surface area contributed by atoms with Crippen molar-refractivity contribution in [2.45, 2.75) is 20.3 Å². The molecule has 0 spiro atoms. The van der Waals surface area contributed by atoms with Crippen LogP contribution in [0.15, 0.2) is 30.3 Å². The zero-order valence-corrected chi connectivity index (χ0v) is 14.1. The second-order valence-corrected chi connectivity index (χ2v) is 6.68. The van der Waals surface area contributed by atoms with Crippen molar-refractivity contribution in [1.29, 1.82) is 0 Å². The van der Waals surface area contributed by atoms with Crippen molar-refractivity contribution in [3.05, 3.63) is 30.3 Å². The lowest BCUT2D eigenvalue weighted by Crippen LogP contribution is -2.39. The third-order valence-corrected chi connectivity index (χ3v) is 4.38. The number of thioether (sulfide) groups is 1. The number of nitrogens with one attached hydrogen (secondary N) is 2. The smallest absolute Gasteiger partial charge is 0.305 e. The number of anilines is 1. The molecule has 0 aliphatic rings. The van der Waals surface area contributed by atoms with Crippen molar-refractivity contribution in [1.82, 2.24) is 5.32 Å². The Kier molecular flexibility index (Phi) is 7.61. The summed E-state index contributed by atoms with van der Waals surface area (Å²) in [7, 11) is 0. The van der Waals surface area contributed by atoms with E-state index in [-0.39, 0.29) is 30.5 Å². The van der Waals surface area contributed by atoms with E-state index in [1.807, 2.05) is 30.3 Å². The van der Waals surface area contributed by atoms with E-state index < -0.39 is 11.4 Å². The number of carbonyl (C=O) groups is 3. The van der Waals surface area contributed by atoms with Gasteiger partial charge in [0.2, 0.25) is 11.8 Å². The number of amides is 2. The van der Waals surface area contributed by atoms with Gasteiger partial charge in [-0.15, -0.1) is 0 Å². The maximum atomic E-state index is 12.0. The van der Waals surface area contributed by atoms with E-state index in [1.165, 1.54) is 11.8 Å². The molecule has 0 fully saturated rings. The van der Waals surface area contributed by atoms with E-state index in [2.05, 4.69) is 10.6 Å². The summed E-state index contributed by atoms with van der Waals surface area (Å²) in [5.74, 6) is -0.567. The van der Waals surface area contributed by atoms with E-state index in [0.717, 1.165) is 5.69 Å². The lowest BCUT2D eigenvalue weighted by molar-refractivity contribution is -0.137. The molecule has 0 aromatic heterocycles. The summed E-state index contributed by atoms with van der Waals surface area (Å²) in [4.78, 5) is 34.2. The van der Waals surface area contributed by atoms with Crippen molar-refractivity contribution >= 4 is 35.2 Å². The number of hydrogen-bond acceptors (Lipinski definition) is 4. The quantitative estimate of drug-likeness (QED) is 0.640. The Hall–Kier alpha value is -2.02. The molecule has 126 valence electrons. The molecule has 23 heavy (non-hydrogen) atoms. The predicted octanol–water partition coefficient (Wildman–Crippen LogP) is 1.98. The van der Waals surface area contributed by atoms with Crippen LogP contribution in [-0.2, 0) is 14.4 Å². The summed E-state index contributed by atoms with van der Waals surface area (Å²) >= 11 is 1.37. The Labute approximate surface area is 140 Å². The van der Waals surface area contributed by atoms with Crippen LogP contribution in [0.2, 0.25) is 0 Å². The maximum Gasteiger partial charge on any atom is 0.305 e.